The molecule has 0 aromatic carbocycles. The van der Waals surface area contributed by atoms with E-state index in [0.717, 1.165) is 12.8 Å². The fourth-order valence-electron chi connectivity index (χ4n) is 0.930. The predicted molar refractivity (Wildman–Crippen MR) is 49.9 cm³/mol. The lowest BCUT2D eigenvalue weighted by atomic mass is 10.1. The zero-order valence-electron chi connectivity index (χ0n) is 12.7. The molecule has 0 aliphatic carbocycles. The highest BCUT2D eigenvalue weighted by atomic mass is 16.5. The molecule has 0 fully saturated rings. The number of ether oxygens (including phenoxy) is 1. The molecule has 0 heterocycles. The summed E-state index contributed by atoms with van der Waals surface area (Å²) in [6.07, 6.45) is 2.49. The molecule has 72 valence electrons. The van der Waals surface area contributed by atoms with Gasteiger partial charge < -0.3 is 4.74 Å². The van der Waals surface area contributed by atoms with E-state index in [1.54, 1.807) is 0 Å². The lowest BCUT2D eigenvalue weighted by Gasteiger charge is -2.03. The summed E-state index contributed by atoms with van der Waals surface area (Å²) in [5, 5.41) is 0. The highest BCUT2D eigenvalue weighted by Gasteiger charge is 2.01. The number of carbonyl (C=O) groups is 1. The van der Waals surface area contributed by atoms with Crippen molar-refractivity contribution in [3.63, 3.8) is 0 Å². The highest BCUT2D eigenvalue weighted by molar-refractivity contribution is 5.69. The number of unbranched alkanes of at least 4 members (excludes halogenated alkanes) is 1. The van der Waals surface area contributed by atoms with Gasteiger partial charge in [0.1, 0.15) is 0 Å². The van der Waals surface area contributed by atoms with Gasteiger partial charge in [0, 0.05) is 10.5 Å². The Kier molecular flexibility index (Phi) is 3.12. The van der Waals surface area contributed by atoms with Crippen LogP contribution in [-0.2, 0) is 9.53 Å². The molecule has 2 heteroatoms. The van der Waals surface area contributed by atoms with Crippen molar-refractivity contribution in [1.82, 2.24) is 0 Å². The monoisotopic (exact) mass is 177 g/mol. The van der Waals surface area contributed by atoms with Gasteiger partial charge in [-0.1, -0.05) is 26.7 Å². The second-order valence-electron chi connectivity index (χ2n) is 3.22. The first-order chi connectivity index (χ1) is 7.56. The van der Waals surface area contributed by atoms with E-state index in [9.17, 15) is 4.79 Å². The SMILES string of the molecule is [2H]C([2H])([2H])C([2H])([2H])OC(=O)CCCCC(C)C. The van der Waals surface area contributed by atoms with E-state index in [1.165, 1.54) is 0 Å². The second-order valence-corrected chi connectivity index (χ2v) is 3.22. The van der Waals surface area contributed by atoms with Crippen molar-refractivity contribution in [2.75, 3.05) is 6.56 Å². The topological polar surface area (TPSA) is 26.3 Å². The van der Waals surface area contributed by atoms with Gasteiger partial charge in [-0.15, -0.1) is 0 Å². The third-order valence-electron chi connectivity index (χ3n) is 1.58. The fraction of sp³-hybridized carbons (Fsp3) is 0.900. The van der Waals surface area contributed by atoms with E-state index < -0.39 is 19.4 Å². The normalized spacial score (nSPS) is 18.8. The van der Waals surface area contributed by atoms with Gasteiger partial charge >= 0.3 is 5.97 Å². The molecule has 0 aromatic heterocycles. The molecule has 0 aromatic rings. The van der Waals surface area contributed by atoms with Crippen LogP contribution in [0.2, 0.25) is 0 Å². The summed E-state index contributed by atoms with van der Waals surface area (Å²) in [6.45, 7) is -1.69. The van der Waals surface area contributed by atoms with Gasteiger partial charge in [0.25, 0.3) is 0 Å². The highest BCUT2D eigenvalue weighted by Crippen LogP contribution is 2.08. The summed E-state index contributed by atoms with van der Waals surface area (Å²) in [6, 6.07) is 0. The van der Waals surface area contributed by atoms with Crippen LogP contribution in [0.15, 0.2) is 0 Å². The molecular formula is C10H20O2. The van der Waals surface area contributed by atoms with Gasteiger partial charge in [-0.05, 0) is 19.2 Å². The molecule has 0 aliphatic rings. The zero-order valence-corrected chi connectivity index (χ0v) is 7.72. The maximum absolute atomic E-state index is 11.2. The van der Waals surface area contributed by atoms with Gasteiger partial charge in [-0.2, -0.15) is 0 Å². The molecule has 12 heavy (non-hydrogen) atoms. The minimum Gasteiger partial charge on any atom is -0.466 e. The average Bonchev–Trinajstić information content (AvgIpc) is 2.09. The van der Waals surface area contributed by atoms with Crippen LogP contribution in [0.4, 0.5) is 0 Å². The third-order valence-corrected chi connectivity index (χ3v) is 1.58. The molecule has 0 saturated carbocycles. The molecule has 0 spiro atoms. The van der Waals surface area contributed by atoms with E-state index >= 15 is 0 Å². The zero-order chi connectivity index (χ0) is 13.7. The fourth-order valence-corrected chi connectivity index (χ4v) is 0.930. The Morgan fingerprint density at radius 2 is 2.33 bits per heavy atom. The van der Waals surface area contributed by atoms with Crippen molar-refractivity contribution in [3.05, 3.63) is 0 Å². The lowest BCUT2D eigenvalue weighted by Crippen LogP contribution is -2.03. The summed E-state index contributed by atoms with van der Waals surface area (Å²) in [5.41, 5.74) is 0. The van der Waals surface area contributed by atoms with Crippen molar-refractivity contribution < 1.29 is 16.4 Å². The quantitative estimate of drug-likeness (QED) is 0.460. The summed E-state index contributed by atoms with van der Waals surface area (Å²) in [7, 11) is 0. The average molecular weight is 177 g/mol. The molecule has 0 unspecified atom stereocenters. The van der Waals surface area contributed by atoms with Crippen LogP contribution in [0, 0.1) is 5.92 Å². The van der Waals surface area contributed by atoms with E-state index in [0.29, 0.717) is 12.3 Å². The number of rotatable bonds is 6. The Hall–Kier alpha value is -0.530. The standard InChI is InChI=1S/C10H20O2/c1-4-12-10(11)8-6-5-7-9(2)3/h9H,4-8H2,1-3H3/i1D3,4D2. The molecule has 0 aliphatic heterocycles. The first-order valence-corrected chi connectivity index (χ1v) is 4.28. The Balaban J connectivity index is 3.95. The van der Waals surface area contributed by atoms with Crippen LogP contribution in [0.1, 0.15) is 53.2 Å². The lowest BCUT2D eigenvalue weighted by molar-refractivity contribution is -0.143. The van der Waals surface area contributed by atoms with Crippen molar-refractivity contribution in [2.45, 2.75) is 46.4 Å². The van der Waals surface area contributed by atoms with Crippen LogP contribution < -0.4 is 0 Å². The number of esters is 1. The summed E-state index contributed by atoms with van der Waals surface area (Å²) >= 11 is 0. The van der Waals surface area contributed by atoms with Crippen molar-refractivity contribution >= 4 is 5.97 Å². The maximum Gasteiger partial charge on any atom is 0.305 e. The second kappa shape index (κ2) is 7.14. The van der Waals surface area contributed by atoms with Gasteiger partial charge in [-0.3, -0.25) is 4.79 Å². The number of hydrogen-bond donors (Lipinski definition) is 0. The first-order valence-electron chi connectivity index (χ1n) is 6.78. The van der Waals surface area contributed by atoms with Crippen LogP contribution in [0.5, 0.6) is 0 Å². The van der Waals surface area contributed by atoms with Crippen molar-refractivity contribution in [1.29, 1.82) is 0 Å². The molecular weight excluding hydrogens is 152 g/mol. The molecule has 0 rings (SSSR count). The van der Waals surface area contributed by atoms with Crippen LogP contribution in [0.3, 0.4) is 0 Å². The van der Waals surface area contributed by atoms with E-state index in [-0.39, 0.29) is 6.42 Å². The van der Waals surface area contributed by atoms with Gasteiger partial charge in [-0.25, -0.2) is 0 Å². The van der Waals surface area contributed by atoms with E-state index in [4.69, 9.17) is 6.85 Å². The molecule has 0 atom stereocenters. The summed E-state index contributed by atoms with van der Waals surface area (Å²) < 4.78 is 39.2. The molecule has 0 saturated heterocycles. The van der Waals surface area contributed by atoms with Gasteiger partial charge in [0.15, 0.2) is 0 Å². The summed E-state index contributed by atoms with van der Waals surface area (Å²) in [4.78, 5) is 11.2. The Morgan fingerprint density at radius 1 is 1.58 bits per heavy atom. The molecule has 0 radical (unpaired) electrons. The first kappa shape index (κ1) is 5.25. The Bertz CT molecular complexity index is 248. The van der Waals surface area contributed by atoms with Crippen LogP contribution >= 0.6 is 0 Å². The van der Waals surface area contributed by atoms with E-state index in [1.807, 2.05) is 0 Å². The third kappa shape index (κ3) is 7.58. The van der Waals surface area contributed by atoms with E-state index in [2.05, 4.69) is 18.6 Å². The van der Waals surface area contributed by atoms with Crippen molar-refractivity contribution in [3.8, 4) is 0 Å². The summed E-state index contributed by atoms with van der Waals surface area (Å²) in [5.74, 6) is -0.241. The maximum atomic E-state index is 11.2. The predicted octanol–water partition coefficient (Wildman–Crippen LogP) is 2.77. The minimum absolute atomic E-state index is 0.0578. The minimum atomic E-state index is -2.94. The molecule has 0 N–H and O–H groups in total. The Labute approximate surface area is 82.3 Å². The van der Waals surface area contributed by atoms with Gasteiger partial charge in [0.2, 0.25) is 0 Å². The number of carbonyl (C=O) groups excluding carboxylic acids is 1. The number of hydrogen-bond acceptors (Lipinski definition) is 2. The van der Waals surface area contributed by atoms with Crippen LogP contribution in [-0.4, -0.2) is 12.5 Å². The molecule has 0 amide bonds. The van der Waals surface area contributed by atoms with Crippen molar-refractivity contribution in [2.24, 2.45) is 5.92 Å². The van der Waals surface area contributed by atoms with Crippen LogP contribution in [0.25, 0.3) is 0 Å². The molecule has 0 bridgehead atoms. The largest absolute Gasteiger partial charge is 0.466 e. The van der Waals surface area contributed by atoms with Gasteiger partial charge in [0.05, 0.1) is 9.30 Å². The molecule has 2 nitrogen and oxygen atoms in total. The Morgan fingerprint density at radius 3 is 2.92 bits per heavy atom. The smallest absolute Gasteiger partial charge is 0.305 e.